The third kappa shape index (κ3) is 2.89. The molecule has 1 aromatic heterocycles. The van der Waals surface area contributed by atoms with Gasteiger partial charge in [-0.05, 0) is 41.1 Å². The van der Waals surface area contributed by atoms with E-state index in [2.05, 4.69) is 15.9 Å². The average molecular weight is 312 g/mol. The van der Waals surface area contributed by atoms with Crippen LogP contribution in [0, 0.1) is 0 Å². The molecule has 0 spiro atoms. The second-order valence-corrected chi connectivity index (χ2v) is 6.08. The number of hydrogen-bond donors (Lipinski definition) is 1. The first-order chi connectivity index (χ1) is 8.22. The smallest absolute Gasteiger partial charge is 0.124 e. The van der Waals surface area contributed by atoms with E-state index >= 15 is 0 Å². The number of ether oxygens (including phenoxy) is 1. The SMILES string of the molecule is CCOc1ccccc1C(N)c1ccc(Br)s1. The van der Waals surface area contributed by atoms with Gasteiger partial charge in [-0.25, -0.2) is 0 Å². The van der Waals surface area contributed by atoms with Crippen LogP contribution in [0.5, 0.6) is 5.75 Å². The normalized spacial score (nSPS) is 12.4. The molecule has 0 saturated heterocycles. The average Bonchev–Trinajstić information content (AvgIpc) is 2.76. The Bertz CT molecular complexity index is 498. The summed E-state index contributed by atoms with van der Waals surface area (Å²) in [5, 5.41) is 0. The molecule has 0 amide bonds. The van der Waals surface area contributed by atoms with Crippen molar-refractivity contribution in [3.05, 3.63) is 50.6 Å². The highest BCUT2D eigenvalue weighted by molar-refractivity contribution is 9.11. The van der Waals surface area contributed by atoms with Crippen LogP contribution in [0.3, 0.4) is 0 Å². The van der Waals surface area contributed by atoms with E-state index in [0.717, 1.165) is 20.0 Å². The van der Waals surface area contributed by atoms with Gasteiger partial charge in [0.15, 0.2) is 0 Å². The van der Waals surface area contributed by atoms with Crippen molar-refractivity contribution in [2.75, 3.05) is 6.61 Å². The molecule has 0 aliphatic rings. The van der Waals surface area contributed by atoms with Crippen molar-refractivity contribution in [3.63, 3.8) is 0 Å². The van der Waals surface area contributed by atoms with Crippen molar-refractivity contribution in [2.45, 2.75) is 13.0 Å². The monoisotopic (exact) mass is 311 g/mol. The molecule has 0 bridgehead atoms. The Balaban J connectivity index is 2.33. The fraction of sp³-hybridized carbons (Fsp3) is 0.231. The minimum Gasteiger partial charge on any atom is -0.494 e. The lowest BCUT2D eigenvalue weighted by Gasteiger charge is -2.15. The van der Waals surface area contributed by atoms with E-state index in [4.69, 9.17) is 10.5 Å². The van der Waals surface area contributed by atoms with Gasteiger partial charge in [-0.1, -0.05) is 18.2 Å². The Labute approximate surface area is 114 Å². The van der Waals surface area contributed by atoms with Crippen molar-refractivity contribution in [2.24, 2.45) is 5.73 Å². The second-order valence-electron chi connectivity index (χ2n) is 3.59. The molecular weight excluding hydrogens is 298 g/mol. The molecule has 2 aromatic rings. The van der Waals surface area contributed by atoms with Crippen LogP contribution in [0.4, 0.5) is 0 Å². The highest BCUT2D eigenvalue weighted by Gasteiger charge is 2.15. The highest BCUT2D eigenvalue weighted by Crippen LogP contribution is 2.33. The van der Waals surface area contributed by atoms with E-state index in [1.165, 1.54) is 0 Å². The number of benzene rings is 1. The molecule has 2 nitrogen and oxygen atoms in total. The molecule has 0 aliphatic heterocycles. The molecule has 1 heterocycles. The molecule has 2 N–H and O–H groups in total. The lowest BCUT2D eigenvalue weighted by atomic mass is 10.1. The maximum Gasteiger partial charge on any atom is 0.124 e. The first kappa shape index (κ1) is 12.6. The molecule has 0 fully saturated rings. The summed E-state index contributed by atoms with van der Waals surface area (Å²) in [6, 6.07) is 11.9. The fourth-order valence-electron chi connectivity index (χ4n) is 1.67. The summed E-state index contributed by atoms with van der Waals surface area (Å²) >= 11 is 5.11. The molecule has 1 atom stereocenters. The van der Waals surface area contributed by atoms with Gasteiger partial charge >= 0.3 is 0 Å². The zero-order valence-corrected chi connectivity index (χ0v) is 11.9. The standard InChI is InChI=1S/C13H14BrNOS/c1-2-16-10-6-4-3-5-9(10)13(15)11-7-8-12(14)17-11/h3-8,13H,2,15H2,1H3. The van der Waals surface area contributed by atoms with E-state index < -0.39 is 0 Å². The Morgan fingerprint density at radius 2 is 2.06 bits per heavy atom. The van der Waals surface area contributed by atoms with Gasteiger partial charge in [0, 0.05) is 10.4 Å². The van der Waals surface area contributed by atoms with Crippen LogP contribution in [-0.4, -0.2) is 6.61 Å². The Hall–Kier alpha value is -0.840. The summed E-state index contributed by atoms with van der Waals surface area (Å²) in [7, 11) is 0. The molecule has 2 rings (SSSR count). The summed E-state index contributed by atoms with van der Waals surface area (Å²) < 4.78 is 6.69. The van der Waals surface area contributed by atoms with Gasteiger partial charge in [0.2, 0.25) is 0 Å². The molecule has 17 heavy (non-hydrogen) atoms. The summed E-state index contributed by atoms with van der Waals surface area (Å²) in [6.45, 7) is 2.63. The Morgan fingerprint density at radius 1 is 1.29 bits per heavy atom. The number of rotatable bonds is 4. The summed E-state index contributed by atoms with van der Waals surface area (Å²) in [5.74, 6) is 0.868. The zero-order valence-electron chi connectivity index (χ0n) is 9.52. The first-order valence-corrected chi connectivity index (χ1v) is 7.06. The summed E-state index contributed by atoms with van der Waals surface area (Å²) in [6.07, 6.45) is 0. The number of nitrogens with two attached hydrogens (primary N) is 1. The third-order valence-electron chi connectivity index (χ3n) is 2.45. The van der Waals surface area contributed by atoms with Gasteiger partial charge in [-0.2, -0.15) is 0 Å². The van der Waals surface area contributed by atoms with Gasteiger partial charge in [0.05, 0.1) is 16.4 Å². The van der Waals surface area contributed by atoms with Crippen molar-refractivity contribution < 1.29 is 4.74 Å². The number of halogens is 1. The lowest BCUT2D eigenvalue weighted by molar-refractivity contribution is 0.335. The minimum atomic E-state index is -0.131. The molecule has 0 radical (unpaired) electrons. The van der Waals surface area contributed by atoms with Crippen molar-refractivity contribution >= 4 is 27.3 Å². The van der Waals surface area contributed by atoms with Crippen LogP contribution in [0.15, 0.2) is 40.2 Å². The number of hydrogen-bond acceptors (Lipinski definition) is 3. The van der Waals surface area contributed by atoms with Crippen molar-refractivity contribution in [1.29, 1.82) is 0 Å². The van der Waals surface area contributed by atoms with E-state index in [-0.39, 0.29) is 6.04 Å². The maximum atomic E-state index is 6.27. The second kappa shape index (κ2) is 5.67. The molecule has 0 saturated carbocycles. The van der Waals surface area contributed by atoms with Gasteiger partial charge in [-0.3, -0.25) is 0 Å². The predicted octanol–water partition coefficient (Wildman–Crippen LogP) is 3.96. The molecular formula is C13H14BrNOS. The van der Waals surface area contributed by atoms with Crippen LogP contribution in [0.25, 0.3) is 0 Å². The molecule has 4 heteroatoms. The summed E-state index contributed by atoms with van der Waals surface area (Å²) in [4.78, 5) is 1.13. The fourth-order valence-corrected chi connectivity index (χ4v) is 3.12. The third-order valence-corrected chi connectivity index (χ3v) is 4.16. The largest absolute Gasteiger partial charge is 0.494 e. The van der Waals surface area contributed by atoms with Crippen LogP contribution in [-0.2, 0) is 0 Å². The lowest BCUT2D eigenvalue weighted by Crippen LogP contribution is -2.12. The van der Waals surface area contributed by atoms with E-state index in [1.807, 2.05) is 43.3 Å². The Kier molecular flexibility index (Phi) is 4.20. The van der Waals surface area contributed by atoms with Crippen molar-refractivity contribution in [3.8, 4) is 5.75 Å². The maximum absolute atomic E-state index is 6.27. The highest BCUT2D eigenvalue weighted by atomic mass is 79.9. The van der Waals surface area contributed by atoms with Crippen LogP contribution < -0.4 is 10.5 Å². The molecule has 1 unspecified atom stereocenters. The number of para-hydroxylation sites is 1. The Morgan fingerprint density at radius 3 is 2.71 bits per heavy atom. The van der Waals surface area contributed by atoms with Crippen molar-refractivity contribution in [1.82, 2.24) is 0 Å². The molecule has 90 valence electrons. The molecule has 0 aliphatic carbocycles. The van der Waals surface area contributed by atoms with Crippen LogP contribution in [0.1, 0.15) is 23.4 Å². The summed E-state index contributed by atoms with van der Waals surface area (Å²) in [5.41, 5.74) is 7.30. The minimum absolute atomic E-state index is 0.131. The number of thiophene rings is 1. The van der Waals surface area contributed by atoms with E-state index in [1.54, 1.807) is 11.3 Å². The van der Waals surface area contributed by atoms with E-state index in [0.29, 0.717) is 6.61 Å². The quantitative estimate of drug-likeness (QED) is 0.927. The predicted molar refractivity (Wildman–Crippen MR) is 75.7 cm³/mol. The van der Waals surface area contributed by atoms with E-state index in [9.17, 15) is 0 Å². The van der Waals surface area contributed by atoms with Gasteiger partial charge in [-0.15, -0.1) is 11.3 Å². The first-order valence-electron chi connectivity index (χ1n) is 5.45. The van der Waals surface area contributed by atoms with Crippen LogP contribution >= 0.6 is 27.3 Å². The topological polar surface area (TPSA) is 35.2 Å². The van der Waals surface area contributed by atoms with Gasteiger partial charge < -0.3 is 10.5 Å². The van der Waals surface area contributed by atoms with Gasteiger partial charge in [0.1, 0.15) is 5.75 Å². The zero-order chi connectivity index (χ0) is 12.3. The van der Waals surface area contributed by atoms with Gasteiger partial charge in [0.25, 0.3) is 0 Å². The van der Waals surface area contributed by atoms with Crippen LogP contribution in [0.2, 0.25) is 0 Å². The molecule has 1 aromatic carbocycles.